The van der Waals surface area contributed by atoms with Crippen LogP contribution in [0.3, 0.4) is 0 Å². The molecule has 4 atom stereocenters. The van der Waals surface area contributed by atoms with E-state index in [4.69, 9.17) is 9.47 Å². The fraction of sp³-hybridized carbons (Fsp3) is 0.263. The first kappa shape index (κ1) is 18.9. The van der Waals surface area contributed by atoms with Crippen LogP contribution in [0, 0.1) is 0 Å². The Morgan fingerprint density at radius 1 is 0.962 bits per heavy atom. The molecule has 0 aliphatic carbocycles. The van der Waals surface area contributed by atoms with E-state index in [2.05, 4.69) is 15.9 Å². The lowest BCUT2D eigenvalue weighted by Crippen LogP contribution is -2.36. The normalized spacial score (nSPS) is 24.8. The number of hydrogen-bond acceptors (Lipinski definition) is 5. The predicted molar refractivity (Wildman–Crippen MR) is 101 cm³/mol. The number of benzene rings is 2. The van der Waals surface area contributed by atoms with Crippen molar-refractivity contribution in [3.8, 4) is 0 Å². The number of rotatable bonds is 5. The molecule has 1 aliphatic heterocycles. The van der Waals surface area contributed by atoms with Gasteiger partial charge in [-0.25, -0.2) is 14.0 Å². The largest absolute Gasteiger partial charge is 0.461 e. The number of hydrogen-bond donors (Lipinski definition) is 0. The van der Waals surface area contributed by atoms with Crippen molar-refractivity contribution in [2.45, 2.75) is 21.7 Å². The van der Waals surface area contributed by atoms with Crippen LogP contribution in [0.5, 0.6) is 0 Å². The highest BCUT2D eigenvalue weighted by molar-refractivity contribution is 9.11. The second-order valence-electron chi connectivity index (χ2n) is 5.67. The molecule has 1 aliphatic rings. The zero-order valence-electron chi connectivity index (χ0n) is 13.6. The Morgan fingerprint density at radius 2 is 1.50 bits per heavy atom. The maximum Gasteiger partial charge on any atom is 0.338 e. The van der Waals surface area contributed by atoms with Crippen LogP contribution < -0.4 is 0 Å². The summed E-state index contributed by atoms with van der Waals surface area (Å²) >= 11 is 4.48. The number of carbonyl (C=O) groups is 2. The second kappa shape index (κ2) is 8.68. The summed E-state index contributed by atoms with van der Waals surface area (Å²) in [4.78, 5) is 24.3. The molecule has 1 saturated heterocycles. The van der Waals surface area contributed by atoms with Crippen LogP contribution >= 0.6 is 27.7 Å². The van der Waals surface area contributed by atoms with E-state index in [0.717, 1.165) is 0 Å². The minimum Gasteiger partial charge on any atom is -0.461 e. The van der Waals surface area contributed by atoms with Gasteiger partial charge in [0.05, 0.1) is 20.5 Å². The van der Waals surface area contributed by atoms with Crippen molar-refractivity contribution in [2.24, 2.45) is 0 Å². The van der Waals surface area contributed by atoms with Crippen LogP contribution in [0.15, 0.2) is 60.7 Å². The lowest BCUT2D eigenvalue weighted by molar-refractivity contribution is 0.00404. The lowest BCUT2D eigenvalue weighted by Gasteiger charge is -2.20. The minimum absolute atomic E-state index is 0.0480. The highest BCUT2D eigenvalue weighted by Gasteiger charge is 2.46. The molecule has 0 aromatic heterocycles. The van der Waals surface area contributed by atoms with Gasteiger partial charge in [0.2, 0.25) is 0 Å². The molecule has 136 valence electrons. The SMILES string of the molecule is O=C(OC[C@H]1S[C@@H](Br)[C@@H](F)[C@@H]1OC(=O)c1ccccc1)c1ccccc1. The van der Waals surface area contributed by atoms with Crippen LogP contribution in [-0.4, -0.2) is 40.2 Å². The van der Waals surface area contributed by atoms with E-state index in [1.807, 2.05) is 0 Å². The third-order valence-electron chi connectivity index (χ3n) is 3.88. The molecule has 0 unspecified atom stereocenters. The van der Waals surface area contributed by atoms with Gasteiger partial charge >= 0.3 is 11.9 Å². The molecule has 0 spiro atoms. The summed E-state index contributed by atoms with van der Waals surface area (Å²) in [5, 5.41) is -0.491. The Hall–Kier alpha value is -1.86. The van der Waals surface area contributed by atoms with Gasteiger partial charge in [-0.05, 0) is 24.3 Å². The standard InChI is InChI=1S/C19H16BrFO4S/c20-17-15(21)16(25-19(23)13-9-5-2-6-10-13)14(26-17)11-24-18(22)12-7-3-1-4-8-12/h1-10,14-17H,11H2/t14-,15+,16-,17-/m1/s1. The van der Waals surface area contributed by atoms with E-state index in [9.17, 15) is 14.0 Å². The molecule has 0 bridgehead atoms. The zero-order valence-corrected chi connectivity index (χ0v) is 16.0. The summed E-state index contributed by atoms with van der Waals surface area (Å²) in [6, 6.07) is 17.0. The first-order valence-corrected chi connectivity index (χ1v) is 9.84. The molecule has 0 N–H and O–H groups in total. The topological polar surface area (TPSA) is 52.6 Å². The number of halogens is 2. The van der Waals surface area contributed by atoms with E-state index in [0.29, 0.717) is 11.1 Å². The van der Waals surface area contributed by atoms with E-state index in [-0.39, 0.29) is 6.61 Å². The third-order valence-corrected chi connectivity index (χ3v) is 6.30. The maximum atomic E-state index is 14.5. The fourth-order valence-electron chi connectivity index (χ4n) is 2.53. The second-order valence-corrected chi connectivity index (χ2v) is 8.65. The quantitative estimate of drug-likeness (QED) is 0.515. The number of alkyl halides is 2. The smallest absolute Gasteiger partial charge is 0.338 e. The summed E-state index contributed by atoms with van der Waals surface area (Å²) in [5.41, 5.74) is 0.767. The van der Waals surface area contributed by atoms with Gasteiger partial charge in [-0.1, -0.05) is 52.3 Å². The predicted octanol–water partition coefficient (Wildman–Crippen LogP) is 4.24. The fourth-order valence-corrected chi connectivity index (χ4v) is 4.81. The van der Waals surface area contributed by atoms with Crippen LogP contribution in [0.25, 0.3) is 0 Å². The van der Waals surface area contributed by atoms with Gasteiger partial charge in [-0.2, -0.15) is 0 Å². The molecule has 7 heteroatoms. The van der Waals surface area contributed by atoms with Crippen molar-refractivity contribution in [2.75, 3.05) is 6.61 Å². The Morgan fingerprint density at radius 3 is 2.08 bits per heavy atom. The molecule has 1 heterocycles. The number of ether oxygens (including phenoxy) is 2. The van der Waals surface area contributed by atoms with Crippen LogP contribution in [0.1, 0.15) is 20.7 Å². The highest BCUT2D eigenvalue weighted by atomic mass is 79.9. The molecule has 0 radical (unpaired) electrons. The summed E-state index contributed by atoms with van der Waals surface area (Å²) in [5.74, 6) is -1.09. The molecule has 4 nitrogen and oxygen atoms in total. The Kier molecular flexibility index (Phi) is 6.32. The monoisotopic (exact) mass is 438 g/mol. The van der Waals surface area contributed by atoms with Crippen LogP contribution in [0.2, 0.25) is 0 Å². The average Bonchev–Trinajstić information content (AvgIpc) is 2.95. The van der Waals surface area contributed by atoms with Crippen molar-refractivity contribution >= 4 is 39.6 Å². The first-order chi connectivity index (χ1) is 12.6. The van der Waals surface area contributed by atoms with E-state index in [1.165, 1.54) is 11.8 Å². The van der Waals surface area contributed by atoms with E-state index in [1.54, 1.807) is 60.7 Å². The van der Waals surface area contributed by atoms with Gasteiger partial charge in [0.1, 0.15) is 6.61 Å². The first-order valence-electron chi connectivity index (χ1n) is 7.98. The van der Waals surface area contributed by atoms with Gasteiger partial charge in [-0.15, -0.1) is 11.8 Å². The summed E-state index contributed by atoms with van der Waals surface area (Å²) < 4.78 is 24.6. The molecule has 0 saturated carbocycles. The Labute approximate surface area is 163 Å². The summed E-state index contributed by atoms with van der Waals surface area (Å²) in [6.07, 6.45) is -2.39. The minimum atomic E-state index is -1.40. The molecule has 26 heavy (non-hydrogen) atoms. The molecule has 3 rings (SSSR count). The number of carbonyl (C=O) groups excluding carboxylic acids is 2. The van der Waals surface area contributed by atoms with Crippen molar-refractivity contribution in [1.29, 1.82) is 0 Å². The lowest BCUT2D eigenvalue weighted by atomic mass is 10.1. The van der Waals surface area contributed by atoms with Gasteiger partial charge < -0.3 is 9.47 Å². The molecular weight excluding hydrogens is 423 g/mol. The van der Waals surface area contributed by atoms with E-state index >= 15 is 0 Å². The Balaban J connectivity index is 1.63. The van der Waals surface area contributed by atoms with Crippen molar-refractivity contribution < 1.29 is 23.5 Å². The van der Waals surface area contributed by atoms with Crippen LogP contribution in [0.4, 0.5) is 4.39 Å². The Bertz CT molecular complexity index is 759. The van der Waals surface area contributed by atoms with Crippen LogP contribution in [-0.2, 0) is 9.47 Å². The zero-order chi connectivity index (χ0) is 18.5. The molecule has 2 aromatic carbocycles. The number of thioether (sulfide) groups is 1. The maximum absolute atomic E-state index is 14.5. The summed E-state index contributed by atoms with van der Waals surface area (Å²) in [7, 11) is 0. The average molecular weight is 439 g/mol. The van der Waals surface area contributed by atoms with Crippen molar-refractivity contribution in [1.82, 2.24) is 0 Å². The van der Waals surface area contributed by atoms with Gasteiger partial charge in [0.25, 0.3) is 0 Å². The van der Waals surface area contributed by atoms with E-state index < -0.39 is 33.6 Å². The number of esters is 2. The van der Waals surface area contributed by atoms with Gasteiger partial charge in [0, 0.05) is 0 Å². The molecular formula is C19H16BrFO4S. The summed E-state index contributed by atoms with van der Waals surface area (Å²) in [6.45, 7) is -0.0480. The molecule has 2 aromatic rings. The van der Waals surface area contributed by atoms with Gasteiger partial charge in [0.15, 0.2) is 12.3 Å². The molecule has 1 fully saturated rings. The third kappa shape index (κ3) is 4.45. The highest BCUT2D eigenvalue weighted by Crippen LogP contribution is 2.41. The molecule has 0 amide bonds. The van der Waals surface area contributed by atoms with Crippen molar-refractivity contribution in [3.05, 3.63) is 71.8 Å². The van der Waals surface area contributed by atoms with Crippen molar-refractivity contribution in [3.63, 3.8) is 0 Å². The van der Waals surface area contributed by atoms with Gasteiger partial charge in [-0.3, -0.25) is 0 Å².